The summed E-state index contributed by atoms with van der Waals surface area (Å²) in [6.07, 6.45) is 2.97. The molecule has 1 aromatic carbocycles. The molecule has 3 heteroatoms. The first-order valence-electron chi connectivity index (χ1n) is 7.16. The van der Waals surface area contributed by atoms with E-state index in [2.05, 4.69) is 12.2 Å². The molecule has 1 N–H and O–H groups in total. The number of nitrogens with one attached hydrogen (secondary N) is 1. The first kappa shape index (κ1) is 14.1. The van der Waals surface area contributed by atoms with Crippen LogP contribution in [-0.2, 0) is 16.1 Å². The highest BCUT2D eigenvalue weighted by atomic mass is 16.5. The third-order valence-corrected chi connectivity index (χ3v) is 3.87. The fourth-order valence-electron chi connectivity index (χ4n) is 2.59. The maximum atomic E-state index is 11.8. The lowest BCUT2D eigenvalue weighted by Crippen LogP contribution is -2.34. The topological polar surface area (TPSA) is 38.3 Å². The molecule has 0 spiro atoms. The van der Waals surface area contributed by atoms with E-state index in [1.807, 2.05) is 30.3 Å². The zero-order valence-electron chi connectivity index (χ0n) is 11.6. The molecule has 1 aromatic rings. The SMILES string of the molecule is CC(CC(=O)OCc1ccccc1)C1CCCNC1. The number of hydrogen-bond acceptors (Lipinski definition) is 3. The third-order valence-electron chi connectivity index (χ3n) is 3.87. The Hall–Kier alpha value is -1.35. The number of esters is 1. The summed E-state index contributed by atoms with van der Waals surface area (Å²) in [5, 5.41) is 3.39. The van der Waals surface area contributed by atoms with Crippen LogP contribution in [0.5, 0.6) is 0 Å². The Balaban J connectivity index is 1.71. The van der Waals surface area contributed by atoms with Gasteiger partial charge >= 0.3 is 5.97 Å². The summed E-state index contributed by atoms with van der Waals surface area (Å²) in [6, 6.07) is 9.83. The van der Waals surface area contributed by atoms with E-state index in [-0.39, 0.29) is 5.97 Å². The highest BCUT2D eigenvalue weighted by Crippen LogP contribution is 2.22. The van der Waals surface area contributed by atoms with Crippen LogP contribution in [0.25, 0.3) is 0 Å². The quantitative estimate of drug-likeness (QED) is 0.828. The second-order valence-corrected chi connectivity index (χ2v) is 5.43. The number of carbonyl (C=O) groups is 1. The molecule has 0 aliphatic carbocycles. The van der Waals surface area contributed by atoms with Gasteiger partial charge in [-0.3, -0.25) is 4.79 Å². The zero-order chi connectivity index (χ0) is 13.5. The van der Waals surface area contributed by atoms with E-state index >= 15 is 0 Å². The number of rotatable bonds is 5. The van der Waals surface area contributed by atoms with Crippen molar-refractivity contribution in [3.8, 4) is 0 Å². The second-order valence-electron chi connectivity index (χ2n) is 5.43. The van der Waals surface area contributed by atoms with E-state index in [1.54, 1.807) is 0 Å². The molecule has 1 fully saturated rings. The van der Waals surface area contributed by atoms with Gasteiger partial charge in [-0.25, -0.2) is 0 Å². The summed E-state index contributed by atoms with van der Waals surface area (Å²) in [4.78, 5) is 11.8. The molecule has 0 saturated carbocycles. The van der Waals surface area contributed by atoms with Crippen molar-refractivity contribution in [2.24, 2.45) is 11.8 Å². The van der Waals surface area contributed by atoms with E-state index in [4.69, 9.17) is 4.74 Å². The van der Waals surface area contributed by atoms with Crippen LogP contribution >= 0.6 is 0 Å². The van der Waals surface area contributed by atoms with E-state index in [9.17, 15) is 4.79 Å². The molecule has 19 heavy (non-hydrogen) atoms. The van der Waals surface area contributed by atoms with Gasteiger partial charge in [-0.15, -0.1) is 0 Å². The molecule has 1 aliphatic rings. The summed E-state index contributed by atoms with van der Waals surface area (Å²) in [7, 11) is 0. The Bertz CT molecular complexity index is 385. The summed E-state index contributed by atoms with van der Waals surface area (Å²) in [6.45, 7) is 4.69. The molecular weight excluding hydrogens is 238 g/mol. The van der Waals surface area contributed by atoms with Crippen molar-refractivity contribution in [1.29, 1.82) is 0 Å². The van der Waals surface area contributed by atoms with Crippen molar-refractivity contribution in [3.05, 3.63) is 35.9 Å². The number of carbonyl (C=O) groups excluding carboxylic acids is 1. The van der Waals surface area contributed by atoms with Gasteiger partial charge in [-0.2, -0.15) is 0 Å². The molecule has 1 heterocycles. The van der Waals surface area contributed by atoms with Gasteiger partial charge in [-0.05, 0) is 43.3 Å². The molecule has 2 rings (SSSR count). The van der Waals surface area contributed by atoms with Gasteiger partial charge in [0.2, 0.25) is 0 Å². The molecule has 1 aliphatic heterocycles. The van der Waals surface area contributed by atoms with Crippen LogP contribution in [0, 0.1) is 11.8 Å². The Morgan fingerprint density at radius 3 is 2.89 bits per heavy atom. The monoisotopic (exact) mass is 261 g/mol. The normalized spacial score (nSPS) is 20.8. The fraction of sp³-hybridized carbons (Fsp3) is 0.562. The molecule has 2 atom stereocenters. The maximum Gasteiger partial charge on any atom is 0.306 e. The fourth-order valence-corrected chi connectivity index (χ4v) is 2.59. The highest BCUT2D eigenvalue weighted by Gasteiger charge is 2.22. The third kappa shape index (κ3) is 4.67. The molecule has 0 aromatic heterocycles. The summed E-state index contributed by atoms with van der Waals surface area (Å²) in [5.41, 5.74) is 1.04. The van der Waals surface area contributed by atoms with Gasteiger partial charge < -0.3 is 10.1 Å². The average molecular weight is 261 g/mol. The Kier molecular flexibility index (Phi) is 5.40. The Morgan fingerprint density at radius 2 is 2.21 bits per heavy atom. The van der Waals surface area contributed by atoms with E-state index in [1.165, 1.54) is 12.8 Å². The van der Waals surface area contributed by atoms with Crippen molar-refractivity contribution in [3.63, 3.8) is 0 Å². The van der Waals surface area contributed by atoms with Gasteiger partial charge in [0.05, 0.1) is 0 Å². The molecule has 0 bridgehead atoms. The minimum absolute atomic E-state index is 0.0815. The number of hydrogen-bond donors (Lipinski definition) is 1. The standard InChI is InChI=1S/C16H23NO2/c1-13(15-8-5-9-17-11-15)10-16(18)19-12-14-6-3-2-4-7-14/h2-4,6-7,13,15,17H,5,8-12H2,1H3. The molecule has 0 amide bonds. The predicted octanol–water partition coefficient (Wildman–Crippen LogP) is 2.76. The lowest BCUT2D eigenvalue weighted by molar-refractivity contribution is -0.146. The first-order chi connectivity index (χ1) is 9.25. The van der Waals surface area contributed by atoms with Gasteiger partial charge in [0.1, 0.15) is 6.61 Å². The van der Waals surface area contributed by atoms with Gasteiger partial charge in [0.15, 0.2) is 0 Å². The highest BCUT2D eigenvalue weighted by molar-refractivity contribution is 5.69. The Morgan fingerprint density at radius 1 is 1.42 bits per heavy atom. The zero-order valence-corrected chi connectivity index (χ0v) is 11.6. The summed E-state index contributed by atoms with van der Waals surface area (Å²) >= 11 is 0. The summed E-state index contributed by atoms with van der Waals surface area (Å²) < 4.78 is 5.33. The summed E-state index contributed by atoms with van der Waals surface area (Å²) in [5.74, 6) is 0.927. The largest absolute Gasteiger partial charge is 0.461 e. The predicted molar refractivity (Wildman–Crippen MR) is 75.6 cm³/mol. The van der Waals surface area contributed by atoms with Crippen molar-refractivity contribution in [1.82, 2.24) is 5.32 Å². The van der Waals surface area contributed by atoms with Crippen LogP contribution in [-0.4, -0.2) is 19.1 Å². The van der Waals surface area contributed by atoms with Crippen molar-refractivity contribution < 1.29 is 9.53 Å². The van der Waals surface area contributed by atoms with Gasteiger partial charge in [-0.1, -0.05) is 37.3 Å². The molecule has 0 radical (unpaired) electrons. The smallest absolute Gasteiger partial charge is 0.306 e. The second kappa shape index (κ2) is 7.29. The van der Waals surface area contributed by atoms with Gasteiger partial charge in [0, 0.05) is 6.42 Å². The van der Waals surface area contributed by atoms with Crippen LogP contribution in [0.3, 0.4) is 0 Å². The van der Waals surface area contributed by atoms with Crippen LogP contribution in [0.4, 0.5) is 0 Å². The number of piperidine rings is 1. The lowest BCUT2D eigenvalue weighted by atomic mass is 9.85. The van der Waals surface area contributed by atoms with Crippen LogP contribution in [0.2, 0.25) is 0 Å². The molecule has 2 unspecified atom stereocenters. The van der Waals surface area contributed by atoms with Crippen molar-refractivity contribution in [2.45, 2.75) is 32.8 Å². The average Bonchev–Trinajstić information content (AvgIpc) is 2.47. The number of benzene rings is 1. The minimum atomic E-state index is -0.0815. The molecule has 1 saturated heterocycles. The van der Waals surface area contributed by atoms with Crippen molar-refractivity contribution >= 4 is 5.97 Å². The van der Waals surface area contributed by atoms with E-state index in [0.717, 1.165) is 18.7 Å². The van der Waals surface area contributed by atoms with Crippen molar-refractivity contribution in [2.75, 3.05) is 13.1 Å². The molecular formula is C16H23NO2. The van der Waals surface area contributed by atoms with Crippen LogP contribution in [0.15, 0.2) is 30.3 Å². The van der Waals surface area contributed by atoms with E-state index < -0.39 is 0 Å². The van der Waals surface area contributed by atoms with Crippen LogP contribution in [0.1, 0.15) is 31.7 Å². The minimum Gasteiger partial charge on any atom is -0.461 e. The van der Waals surface area contributed by atoms with Gasteiger partial charge in [0.25, 0.3) is 0 Å². The number of ether oxygens (including phenoxy) is 1. The Labute approximate surface area is 115 Å². The lowest BCUT2D eigenvalue weighted by Gasteiger charge is -2.27. The molecule has 104 valence electrons. The first-order valence-corrected chi connectivity index (χ1v) is 7.16. The van der Waals surface area contributed by atoms with E-state index in [0.29, 0.717) is 24.9 Å². The van der Waals surface area contributed by atoms with Crippen LogP contribution < -0.4 is 5.32 Å². The molecule has 3 nitrogen and oxygen atoms in total. The maximum absolute atomic E-state index is 11.8.